The van der Waals surface area contributed by atoms with Crippen LogP contribution in [0.4, 0.5) is 0 Å². The van der Waals surface area contributed by atoms with Crippen molar-refractivity contribution >= 4 is 12.0 Å². The molecule has 20 heavy (non-hydrogen) atoms. The molecule has 1 aromatic rings. The van der Waals surface area contributed by atoms with Gasteiger partial charge in [0, 0.05) is 12.2 Å². The molecular weight excluding hydrogens is 256 g/mol. The smallest absolute Gasteiger partial charge is 0.331 e. The third-order valence-electron chi connectivity index (χ3n) is 3.27. The summed E-state index contributed by atoms with van der Waals surface area (Å²) in [6.45, 7) is 2.88. The van der Waals surface area contributed by atoms with Crippen molar-refractivity contribution in [2.75, 3.05) is 6.61 Å². The third-order valence-corrected chi connectivity index (χ3v) is 3.27. The summed E-state index contributed by atoms with van der Waals surface area (Å²) in [7, 11) is 0. The Balaban J connectivity index is 1.88. The van der Waals surface area contributed by atoms with Crippen LogP contribution in [0.1, 0.15) is 37.3 Å². The molecule has 0 aliphatic carbocycles. The molecule has 1 fully saturated rings. The van der Waals surface area contributed by atoms with Crippen LogP contribution < -0.4 is 0 Å². The van der Waals surface area contributed by atoms with Gasteiger partial charge in [-0.2, -0.15) is 0 Å². The zero-order valence-electron chi connectivity index (χ0n) is 11.7. The van der Waals surface area contributed by atoms with E-state index >= 15 is 0 Å². The van der Waals surface area contributed by atoms with Crippen LogP contribution in [0.15, 0.2) is 29.8 Å². The summed E-state index contributed by atoms with van der Waals surface area (Å²) >= 11 is 0. The number of carboxylic acid groups (broad SMARTS) is 1. The van der Waals surface area contributed by atoms with Crippen LogP contribution >= 0.6 is 0 Å². The van der Waals surface area contributed by atoms with E-state index < -0.39 is 5.97 Å². The van der Waals surface area contributed by atoms with Crippen LogP contribution in [0, 0.1) is 0 Å². The SMILES string of the molecule is CC(=Cc1ccc(COC2CCCCO2)cc1)C(=O)O. The first-order valence-corrected chi connectivity index (χ1v) is 6.89. The predicted octanol–water partition coefficient (Wildman–Crippen LogP) is 3.22. The molecule has 0 bridgehead atoms. The van der Waals surface area contributed by atoms with E-state index in [0.717, 1.165) is 37.0 Å². The van der Waals surface area contributed by atoms with Gasteiger partial charge in [-0.25, -0.2) is 4.79 Å². The highest BCUT2D eigenvalue weighted by Gasteiger charge is 2.13. The molecule has 2 rings (SSSR count). The van der Waals surface area contributed by atoms with Crippen molar-refractivity contribution in [1.29, 1.82) is 0 Å². The van der Waals surface area contributed by atoms with E-state index in [4.69, 9.17) is 14.6 Å². The van der Waals surface area contributed by atoms with Gasteiger partial charge in [-0.05, 0) is 43.4 Å². The number of rotatable bonds is 5. The monoisotopic (exact) mass is 276 g/mol. The fraction of sp³-hybridized carbons (Fsp3) is 0.438. The largest absolute Gasteiger partial charge is 0.478 e. The zero-order valence-corrected chi connectivity index (χ0v) is 11.7. The maximum atomic E-state index is 10.7. The lowest BCUT2D eigenvalue weighted by Gasteiger charge is -2.22. The molecular formula is C16H20O4. The highest BCUT2D eigenvalue weighted by molar-refractivity contribution is 5.91. The topological polar surface area (TPSA) is 55.8 Å². The van der Waals surface area contributed by atoms with E-state index in [1.165, 1.54) is 0 Å². The summed E-state index contributed by atoms with van der Waals surface area (Å²) in [4.78, 5) is 10.7. The van der Waals surface area contributed by atoms with Crippen molar-refractivity contribution in [3.05, 3.63) is 41.0 Å². The van der Waals surface area contributed by atoms with Crippen molar-refractivity contribution in [2.45, 2.75) is 39.1 Å². The van der Waals surface area contributed by atoms with E-state index in [9.17, 15) is 4.79 Å². The second kappa shape index (κ2) is 7.22. The summed E-state index contributed by atoms with van der Waals surface area (Å²) in [5, 5.41) is 8.82. The Morgan fingerprint density at radius 2 is 2.15 bits per heavy atom. The quantitative estimate of drug-likeness (QED) is 0.839. The minimum Gasteiger partial charge on any atom is -0.478 e. The summed E-state index contributed by atoms with van der Waals surface area (Å²) < 4.78 is 11.2. The summed E-state index contributed by atoms with van der Waals surface area (Å²) in [5.41, 5.74) is 2.26. The first-order chi connectivity index (χ1) is 9.65. The van der Waals surface area contributed by atoms with Crippen molar-refractivity contribution in [3.8, 4) is 0 Å². The minimum atomic E-state index is -0.896. The van der Waals surface area contributed by atoms with Gasteiger partial charge in [0.15, 0.2) is 6.29 Å². The van der Waals surface area contributed by atoms with Crippen molar-refractivity contribution in [3.63, 3.8) is 0 Å². The molecule has 4 nitrogen and oxygen atoms in total. The van der Waals surface area contributed by atoms with Crippen LogP contribution in [-0.2, 0) is 20.9 Å². The second-order valence-electron chi connectivity index (χ2n) is 4.98. The van der Waals surface area contributed by atoms with Crippen LogP contribution in [0.3, 0.4) is 0 Å². The lowest BCUT2D eigenvalue weighted by Crippen LogP contribution is -2.21. The Kier molecular flexibility index (Phi) is 5.32. The molecule has 0 amide bonds. The molecule has 1 unspecified atom stereocenters. The number of carbonyl (C=O) groups is 1. The Morgan fingerprint density at radius 1 is 1.40 bits per heavy atom. The maximum Gasteiger partial charge on any atom is 0.331 e. The molecule has 108 valence electrons. The van der Waals surface area contributed by atoms with Crippen molar-refractivity contribution in [2.24, 2.45) is 0 Å². The van der Waals surface area contributed by atoms with Gasteiger partial charge < -0.3 is 14.6 Å². The van der Waals surface area contributed by atoms with E-state index in [1.54, 1.807) is 13.0 Å². The third kappa shape index (κ3) is 4.47. The van der Waals surface area contributed by atoms with E-state index in [2.05, 4.69) is 0 Å². The van der Waals surface area contributed by atoms with Gasteiger partial charge in [0.05, 0.1) is 6.61 Å². The zero-order chi connectivity index (χ0) is 14.4. The average Bonchev–Trinajstić information content (AvgIpc) is 2.47. The van der Waals surface area contributed by atoms with Crippen molar-refractivity contribution in [1.82, 2.24) is 0 Å². The van der Waals surface area contributed by atoms with Crippen LogP contribution in [0.25, 0.3) is 6.08 Å². The Labute approximate surface area is 119 Å². The van der Waals surface area contributed by atoms with Gasteiger partial charge in [-0.15, -0.1) is 0 Å². The lowest BCUT2D eigenvalue weighted by molar-refractivity contribution is -0.168. The summed E-state index contributed by atoms with van der Waals surface area (Å²) in [6, 6.07) is 7.69. The molecule has 1 N–H and O–H groups in total. The van der Waals surface area contributed by atoms with E-state index in [0.29, 0.717) is 12.2 Å². The number of benzene rings is 1. The summed E-state index contributed by atoms with van der Waals surface area (Å²) in [6.07, 6.45) is 4.79. The van der Waals surface area contributed by atoms with E-state index in [-0.39, 0.29) is 6.29 Å². The Bertz CT molecular complexity index is 470. The highest BCUT2D eigenvalue weighted by Crippen LogP contribution is 2.16. The first-order valence-electron chi connectivity index (χ1n) is 6.89. The van der Waals surface area contributed by atoms with Crippen molar-refractivity contribution < 1.29 is 19.4 Å². The molecule has 1 aliphatic heterocycles. The highest BCUT2D eigenvalue weighted by atomic mass is 16.7. The van der Waals surface area contributed by atoms with Gasteiger partial charge in [0.25, 0.3) is 0 Å². The molecule has 1 heterocycles. The number of carboxylic acids is 1. The number of hydrogen-bond donors (Lipinski definition) is 1. The molecule has 1 aromatic carbocycles. The average molecular weight is 276 g/mol. The van der Waals surface area contributed by atoms with Gasteiger partial charge in [0.1, 0.15) is 0 Å². The standard InChI is InChI=1S/C16H20O4/c1-12(16(17)18)10-13-5-7-14(8-6-13)11-20-15-4-2-3-9-19-15/h5-8,10,15H,2-4,9,11H2,1H3,(H,17,18). The second-order valence-corrected chi connectivity index (χ2v) is 4.98. The van der Waals surface area contributed by atoms with Crippen LogP contribution in [0.2, 0.25) is 0 Å². The molecule has 4 heteroatoms. The van der Waals surface area contributed by atoms with E-state index in [1.807, 2.05) is 24.3 Å². The Morgan fingerprint density at radius 3 is 2.75 bits per heavy atom. The molecule has 0 saturated carbocycles. The Hall–Kier alpha value is -1.65. The molecule has 1 atom stereocenters. The predicted molar refractivity (Wildman–Crippen MR) is 76.1 cm³/mol. The van der Waals surface area contributed by atoms with Gasteiger partial charge in [-0.3, -0.25) is 0 Å². The number of ether oxygens (including phenoxy) is 2. The summed E-state index contributed by atoms with van der Waals surface area (Å²) in [5.74, 6) is -0.896. The van der Waals surface area contributed by atoms with Gasteiger partial charge in [0.2, 0.25) is 0 Å². The molecule has 1 aliphatic rings. The molecule has 1 saturated heterocycles. The normalized spacial score (nSPS) is 19.9. The fourth-order valence-electron chi connectivity index (χ4n) is 2.05. The maximum absolute atomic E-state index is 10.7. The first kappa shape index (κ1) is 14.8. The molecule has 0 radical (unpaired) electrons. The van der Waals surface area contributed by atoms with Gasteiger partial charge in [-0.1, -0.05) is 24.3 Å². The lowest BCUT2D eigenvalue weighted by atomic mass is 10.1. The van der Waals surface area contributed by atoms with Crippen LogP contribution in [0.5, 0.6) is 0 Å². The number of aliphatic carboxylic acids is 1. The van der Waals surface area contributed by atoms with Crippen LogP contribution in [-0.4, -0.2) is 24.0 Å². The minimum absolute atomic E-state index is 0.0856. The molecule has 0 spiro atoms. The fourth-order valence-corrected chi connectivity index (χ4v) is 2.05. The number of hydrogen-bond acceptors (Lipinski definition) is 3. The van der Waals surface area contributed by atoms with Gasteiger partial charge >= 0.3 is 5.97 Å². The molecule has 0 aromatic heterocycles.